The van der Waals surface area contributed by atoms with Crippen LogP contribution in [0, 0.1) is 19.8 Å². The third-order valence-electron chi connectivity index (χ3n) is 6.14. The summed E-state index contributed by atoms with van der Waals surface area (Å²) in [5.74, 6) is -0.287. The van der Waals surface area contributed by atoms with Gasteiger partial charge < -0.3 is 10.6 Å². The SMILES string of the molecule is Cc1ccc(C(=O)NC(C(=O)NC2CCN(Cc3ccccc3C)CC2)C(C)C)cc1. The number of rotatable bonds is 7. The summed E-state index contributed by atoms with van der Waals surface area (Å²) in [5.41, 5.74) is 4.36. The number of amides is 2. The molecule has 1 saturated heterocycles. The molecule has 2 aromatic rings. The minimum atomic E-state index is -0.543. The molecule has 0 radical (unpaired) electrons. The van der Waals surface area contributed by atoms with Crippen molar-refractivity contribution >= 4 is 11.8 Å². The summed E-state index contributed by atoms with van der Waals surface area (Å²) >= 11 is 0. The molecule has 0 saturated carbocycles. The lowest BCUT2D eigenvalue weighted by molar-refractivity contribution is -0.125. The molecule has 1 atom stereocenters. The molecule has 166 valence electrons. The van der Waals surface area contributed by atoms with E-state index in [1.807, 2.05) is 32.9 Å². The van der Waals surface area contributed by atoms with E-state index in [1.54, 1.807) is 12.1 Å². The molecular weight excluding hydrogens is 386 g/mol. The van der Waals surface area contributed by atoms with Crippen molar-refractivity contribution in [3.63, 3.8) is 0 Å². The van der Waals surface area contributed by atoms with Gasteiger partial charge in [-0.05, 0) is 55.9 Å². The third-order valence-corrected chi connectivity index (χ3v) is 6.14. The summed E-state index contributed by atoms with van der Waals surface area (Å²) in [7, 11) is 0. The van der Waals surface area contributed by atoms with Crippen molar-refractivity contribution in [2.24, 2.45) is 5.92 Å². The van der Waals surface area contributed by atoms with Crippen molar-refractivity contribution in [1.82, 2.24) is 15.5 Å². The molecule has 1 aliphatic heterocycles. The predicted octanol–water partition coefficient (Wildman–Crippen LogP) is 3.84. The summed E-state index contributed by atoms with van der Waals surface area (Å²) in [5, 5.41) is 6.11. The standard InChI is InChI=1S/C26H35N3O2/c1-18(2)24(28-25(30)21-11-9-19(3)10-12-21)26(31)27-23-13-15-29(16-14-23)17-22-8-6-5-7-20(22)4/h5-12,18,23-24H,13-17H2,1-4H3,(H,27,31)(H,28,30). The van der Waals surface area contributed by atoms with Gasteiger partial charge in [-0.1, -0.05) is 55.8 Å². The van der Waals surface area contributed by atoms with Crippen molar-refractivity contribution in [3.05, 3.63) is 70.8 Å². The Morgan fingerprint density at radius 2 is 1.65 bits per heavy atom. The van der Waals surface area contributed by atoms with E-state index in [9.17, 15) is 9.59 Å². The second-order valence-electron chi connectivity index (χ2n) is 9.05. The number of benzene rings is 2. The molecule has 2 aromatic carbocycles. The van der Waals surface area contributed by atoms with Crippen molar-refractivity contribution in [3.8, 4) is 0 Å². The number of piperidine rings is 1. The number of aryl methyl sites for hydroxylation is 2. The van der Waals surface area contributed by atoms with Gasteiger partial charge in [0.05, 0.1) is 0 Å². The lowest BCUT2D eigenvalue weighted by Crippen LogP contribution is -2.53. The first-order valence-electron chi connectivity index (χ1n) is 11.3. The first-order chi connectivity index (χ1) is 14.8. The fourth-order valence-electron chi connectivity index (χ4n) is 4.02. The normalized spacial score (nSPS) is 16.2. The van der Waals surface area contributed by atoms with E-state index >= 15 is 0 Å². The number of nitrogens with one attached hydrogen (secondary N) is 2. The van der Waals surface area contributed by atoms with Crippen LogP contribution in [0.3, 0.4) is 0 Å². The van der Waals surface area contributed by atoms with E-state index in [-0.39, 0.29) is 23.8 Å². The highest BCUT2D eigenvalue weighted by atomic mass is 16.2. The zero-order valence-electron chi connectivity index (χ0n) is 19.2. The third kappa shape index (κ3) is 6.41. The van der Waals surface area contributed by atoms with Gasteiger partial charge in [-0.25, -0.2) is 0 Å². The maximum Gasteiger partial charge on any atom is 0.251 e. The van der Waals surface area contributed by atoms with Gasteiger partial charge in [-0.2, -0.15) is 0 Å². The molecule has 5 heteroatoms. The van der Waals surface area contributed by atoms with E-state index in [4.69, 9.17) is 0 Å². The largest absolute Gasteiger partial charge is 0.351 e. The average Bonchev–Trinajstić information content (AvgIpc) is 2.75. The number of nitrogens with zero attached hydrogens (tertiary/aromatic N) is 1. The molecule has 3 rings (SSSR count). The Bertz CT molecular complexity index is 884. The Labute approximate surface area is 186 Å². The highest BCUT2D eigenvalue weighted by Crippen LogP contribution is 2.17. The van der Waals surface area contributed by atoms with Gasteiger partial charge in [-0.15, -0.1) is 0 Å². The van der Waals surface area contributed by atoms with E-state index in [2.05, 4.69) is 46.7 Å². The Morgan fingerprint density at radius 1 is 1.00 bits per heavy atom. The first-order valence-corrected chi connectivity index (χ1v) is 11.3. The van der Waals surface area contributed by atoms with Crippen molar-refractivity contribution in [1.29, 1.82) is 0 Å². The predicted molar refractivity (Wildman–Crippen MR) is 125 cm³/mol. The van der Waals surface area contributed by atoms with Gasteiger partial charge in [0.2, 0.25) is 5.91 Å². The number of likely N-dealkylation sites (tertiary alicyclic amines) is 1. The van der Waals surface area contributed by atoms with Gasteiger partial charge >= 0.3 is 0 Å². The Balaban J connectivity index is 1.51. The maximum absolute atomic E-state index is 13.0. The fraction of sp³-hybridized carbons (Fsp3) is 0.462. The molecule has 1 fully saturated rings. The van der Waals surface area contributed by atoms with Crippen LogP contribution in [-0.4, -0.2) is 41.9 Å². The van der Waals surface area contributed by atoms with Crippen LogP contribution in [-0.2, 0) is 11.3 Å². The maximum atomic E-state index is 13.0. The quantitative estimate of drug-likeness (QED) is 0.714. The number of hydrogen-bond acceptors (Lipinski definition) is 3. The summed E-state index contributed by atoms with van der Waals surface area (Å²) in [6, 6.07) is 15.5. The molecule has 0 aromatic heterocycles. The molecule has 0 spiro atoms. The molecule has 0 aliphatic carbocycles. The molecule has 1 unspecified atom stereocenters. The molecule has 0 bridgehead atoms. The van der Waals surface area contributed by atoms with E-state index in [0.717, 1.165) is 38.0 Å². The van der Waals surface area contributed by atoms with Crippen LogP contribution in [0.1, 0.15) is 53.7 Å². The second-order valence-corrected chi connectivity index (χ2v) is 9.05. The minimum Gasteiger partial charge on any atom is -0.351 e. The van der Waals surface area contributed by atoms with Gasteiger partial charge in [0, 0.05) is 31.2 Å². The Hall–Kier alpha value is -2.66. The van der Waals surface area contributed by atoms with Crippen molar-refractivity contribution in [2.45, 2.75) is 59.2 Å². The van der Waals surface area contributed by atoms with E-state index in [0.29, 0.717) is 5.56 Å². The lowest BCUT2D eigenvalue weighted by Gasteiger charge is -2.34. The smallest absolute Gasteiger partial charge is 0.251 e. The number of carbonyl (C=O) groups excluding carboxylic acids is 2. The Kier molecular flexibility index (Phi) is 7.85. The van der Waals surface area contributed by atoms with Gasteiger partial charge in [0.1, 0.15) is 6.04 Å². The molecule has 1 heterocycles. The van der Waals surface area contributed by atoms with E-state index < -0.39 is 6.04 Å². The molecular formula is C26H35N3O2. The Morgan fingerprint density at radius 3 is 2.26 bits per heavy atom. The molecule has 1 aliphatic rings. The van der Waals surface area contributed by atoms with Crippen LogP contribution in [0.15, 0.2) is 48.5 Å². The minimum absolute atomic E-state index is 0.00976. The highest BCUT2D eigenvalue weighted by molar-refractivity contribution is 5.97. The van der Waals surface area contributed by atoms with Gasteiger partial charge in [0.15, 0.2) is 0 Å². The van der Waals surface area contributed by atoms with Crippen LogP contribution in [0.5, 0.6) is 0 Å². The molecule has 2 N–H and O–H groups in total. The summed E-state index contributed by atoms with van der Waals surface area (Å²) in [6.45, 7) is 10.9. The number of hydrogen-bond donors (Lipinski definition) is 2. The molecule has 5 nitrogen and oxygen atoms in total. The molecule has 31 heavy (non-hydrogen) atoms. The van der Waals surface area contributed by atoms with Crippen LogP contribution < -0.4 is 10.6 Å². The zero-order chi connectivity index (χ0) is 22.4. The molecule has 2 amide bonds. The summed E-state index contributed by atoms with van der Waals surface area (Å²) < 4.78 is 0. The summed E-state index contributed by atoms with van der Waals surface area (Å²) in [6.07, 6.45) is 1.85. The fourth-order valence-corrected chi connectivity index (χ4v) is 4.02. The van der Waals surface area contributed by atoms with Crippen LogP contribution >= 0.6 is 0 Å². The highest BCUT2D eigenvalue weighted by Gasteiger charge is 2.28. The number of carbonyl (C=O) groups is 2. The van der Waals surface area contributed by atoms with Crippen molar-refractivity contribution < 1.29 is 9.59 Å². The van der Waals surface area contributed by atoms with E-state index in [1.165, 1.54) is 11.1 Å². The van der Waals surface area contributed by atoms with Gasteiger partial charge in [-0.3, -0.25) is 14.5 Å². The lowest BCUT2D eigenvalue weighted by atomic mass is 9.99. The van der Waals surface area contributed by atoms with Crippen LogP contribution in [0.25, 0.3) is 0 Å². The topological polar surface area (TPSA) is 61.4 Å². The van der Waals surface area contributed by atoms with Crippen molar-refractivity contribution in [2.75, 3.05) is 13.1 Å². The average molecular weight is 422 g/mol. The second kappa shape index (κ2) is 10.6. The van der Waals surface area contributed by atoms with Gasteiger partial charge in [0.25, 0.3) is 5.91 Å². The monoisotopic (exact) mass is 421 g/mol. The zero-order valence-corrected chi connectivity index (χ0v) is 19.2. The van der Waals surface area contributed by atoms with Crippen LogP contribution in [0.4, 0.5) is 0 Å². The van der Waals surface area contributed by atoms with Crippen LogP contribution in [0.2, 0.25) is 0 Å². The first kappa shape index (κ1) is 23.0. The summed E-state index contributed by atoms with van der Waals surface area (Å²) in [4.78, 5) is 28.0.